The van der Waals surface area contributed by atoms with E-state index in [1.807, 2.05) is 0 Å². The highest BCUT2D eigenvalue weighted by molar-refractivity contribution is 5.39. The van der Waals surface area contributed by atoms with Crippen molar-refractivity contribution < 1.29 is 9.13 Å². The Hall–Kier alpha value is -2.05. The van der Waals surface area contributed by atoms with Gasteiger partial charge in [-0.1, -0.05) is 0 Å². The molecule has 1 atom stereocenters. The van der Waals surface area contributed by atoms with Crippen molar-refractivity contribution in [2.75, 3.05) is 7.11 Å². The second kappa shape index (κ2) is 5.52. The summed E-state index contributed by atoms with van der Waals surface area (Å²) >= 11 is 0. The average Bonchev–Trinajstić information content (AvgIpc) is 2.41. The Morgan fingerprint density at radius 1 is 1.33 bits per heavy atom. The second-order valence-electron chi connectivity index (χ2n) is 3.59. The largest absolute Gasteiger partial charge is 0.496 e. The van der Waals surface area contributed by atoms with E-state index >= 15 is 0 Å². The molecule has 0 radical (unpaired) electrons. The van der Waals surface area contributed by atoms with Crippen molar-refractivity contribution in [3.05, 3.63) is 53.9 Å². The first kappa shape index (κ1) is 12.4. The summed E-state index contributed by atoms with van der Waals surface area (Å²) in [6, 6.07) is 5.37. The Morgan fingerprint density at radius 2 is 2.06 bits per heavy atom. The highest BCUT2D eigenvalue weighted by Gasteiger charge is 2.19. The Morgan fingerprint density at radius 3 is 2.67 bits per heavy atom. The van der Waals surface area contributed by atoms with Crippen molar-refractivity contribution in [2.45, 2.75) is 6.04 Å². The summed E-state index contributed by atoms with van der Waals surface area (Å²) in [6.07, 6.45) is 3.19. The van der Waals surface area contributed by atoms with Crippen molar-refractivity contribution in [1.29, 1.82) is 0 Å². The third-order valence-corrected chi connectivity index (χ3v) is 2.51. The molecule has 0 amide bonds. The molecule has 0 fully saturated rings. The molecule has 1 heterocycles. The summed E-state index contributed by atoms with van der Waals surface area (Å²) in [5.74, 6) is 6.10. The van der Waals surface area contributed by atoms with Gasteiger partial charge in [0.1, 0.15) is 17.6 Å². The quantitative estimate of drug-likeness (QED) is 0.628. The van der Waals surface area contributed by atoms with Crippen LogP contribution in [0, 0.1) is 5.82 Å². The third kappa shape index (κ3) is 2.44. The zero-order valence-electron chi connectivity index (χ0n) is 9.80. The minimum Gasteiger partial charge on any atom is -0.496 e. The van der Waals surface area contributed by atoms with Gasteiger partial charge in [0.2, 0.25) is 0 Å². The first-order valence-electron chi connectivity index (χ1n) is 5.32. The maximum Gasteiger partial charge on any atom is 0.151 e. The lowest BCUT2D eigenvalue weighted by atomic mass is 10.1. The van der Waals surface area contributed by atoms with Crippen molar-refractivity contribution in [3.63, 3.8) is 0 Å². The van der Waals surface area contributed by atoms with Crippen LogP contribution in [0.2, 0.25) is 0 Å². The summed E-state index contributed by atoms with van der Waals surface area (Å²) in [5.41, 5.74) is 3.11. The molecule has 0 saturated heterocycles. The van der Waals surface area contributed by atoms with E-state index in [4.69, 9.17) is 10.6 Å². The molecule has 0 aliphatic rings. The molecule has 0 bridgehead atoms. The maximum atomic E-state index is 13.3. The third-order valence-electron chi connectivity index (χ3n) is 2.51. The summed E-state index contributed by atoms with van der Waals surface area (Å²) < 4.78 is 18.5. The zero-order valence-corrected chi connectivity index (χ0v) is 9.80. The molecule has 1 aromatic carbocycles. The maximum absolute atomic E-state index is 13.3. The Labute approximate surface area is 104 Å². The molecule has 0 aliphatic heterocycles. The van der Waals surface area contributed by atoms with Crippen LogP contribution in [0.25, 0.3) is 0 Å². The van der Waals surface area contributed by atoms with Crippen molar-refractivity contribution in [2.24, 2.45) is 5.84 Å². The average molecular weight is 248 g/mol. The van der Waals surface area contributed by atoms with E-state index in [1.165, 1.54) is 25.3 Å². The van der Waals surface area contributed by atoms with Crippen molar-refractivity contribution >= 4 is 0 Å². The number of ether oxygens (including phenoxy) is 1. The summed E-state index contributed by atoms with van der Waals surface area (Å²) in [6.45, 7) is 0. The van der Waals surface area contributed by atoms with Gasteiger partial charge in [0.25, 0.3) is 0 Å². The number of aromatic nitrogens is 2. The van der Waals surface area contributed by atoms with Crippen LogP contribution >= 0.6 is 0 Å². The molecular weight excluding hydrogens is 235 g/mol. The SMILES string of the molecule is COc1ccc(F)cc1C(NN)c1ncccn1. The normalized spacial score (nSPS) is 12.2. The number of rotatable bonds is 4. The Balaban J connectivity index is 2.48. The lowest BCUT2D eigenvalue weighted by molar-refractivity contribution is 0.401. The number of halogens is 1. The molecule has 0 spiro atoms. The molecule has 0 aliphatic carbocycles. The van der Waals surface area contributed by atoms with Gasteiger partial charge in [0.15, 0.2) is 5.82 Å². The summed E-state index contributed by atoms with van der Waals surface area (Å²) in [4.78, 5) is 8.20. The minimum absolute atomic E-state index is 0.373. The van der Waals surface area contributed by atoms with E-state index in [9.17, 15) is 4.39 Å². The van der Waals surface area contributed by atoms with Gasteiger partial charge in [-0.25, -0.2) is 19.8 Å². The van der Waals surface area contributed by atoms with Crippen LogP contribution in [0.4, 0.5) is 4.39 Å². The van der Waals surface area contributed by atoms with Crippen LogP contribution in [0.1, 0.15) is 17.4 Å². The molecule has 5 nitrogen and oxygen atoms in total. The molecular formula is C12H13FN4O. The van der Waals surface area contributed by atoms with Gasteiger partial charge in [-0.2, -0.15) is 0 Å². The molecule has 1 unspecified atom stereocenters. The summed E-state index contributed by atoms with van der Waals surface area (Å²) in [5, 5.41) is 0. The van der Waals surface area contributed by atoms with Gasteiger partial charge in [-0.05, 0) is 24.3 Å². The van der Waals surface area contributed by atoms with E-state index < -0.39 is 6.04 Å². The number of nitrogens with zero attached hydrogens (tertiary/aromatic N) is 2. The fraction of sp³-hybridized carbons (Fsp3) is 0.167. The number of nitrogens with one attached hydrogen (secondary N) is 1. The zero-order chi connectivity index (χ0) is 13.0. The lowest BCUT2D eigenvalue weighted by Crippen LogP contribution is -2.30. The van der Waals surface area contributed by atoms with Crippen LogP contribution in [0.3, 0.4) is 0 Å². The molecule has 2 rings (SSSR count). The predicted molar refractivity (Wildman–Crippen MR) is 64.2 cm³/mol. The van der Waals surface area contributed by atoms with Crippen LogP contribution in [-0.2, 0) is 0 Å². The molecule has 94 valence electrons. The number of hydrazine groups is 1. The molecule has 1 aromatic heterocycles. The minimum atomic E-state index is -0.531. The smallest absolute Gasteiger partial charge is 0.151 e. The van der Waals surface area contributed by atoms with Crippen LogP contribution < -0.4 is 16.0 Å². The molecule has 3 N–H and O–H groups in total. The van der Waals surface area contributed by atoms with Crippen LogP contribution in [-0.4, -0.2) is 17.1 Å². The summed E-state index contributed by atoms with van der Waals surface area (Å²) in [7, 11) is 1.51. The second-order valence-corrected chi connectivity index (χ2v) is 3.59. The molecule has 6 heteroatoms. The van der Waals surface area contributed by atoms with E-state index in [0.29, 0.717) is 17.1 Å². The van der Waals surface area contributed by atoms with E-state index in [2.05, 4.69) is 15.4 Å². The molecule has 18 heavy (non-hydrogen) atoms. The fourth-order valence-corrected chi connectivity index (χ4v) is 1.69. The van der Waals surface area contributed by atoms with E-state index in [1.54, 1.807) is 18.5 Å². The van der Waals surface area contributed by atoms with Gasteiger partial charge in [0, 0.05) is 18.0 Å². The predicted octanol–water partition coefficient (Wildman–Crippen LogP) is 1.18. The number of hydrogen-bond acceptors (Lipinski definition) is 5. The van der Waals surface area contributed by atoms with Gasteiger partial charge in [0.05, 0.1) is 7.11 Å². The van der Waals surface area contributed by atoms with Crippen molar-refractivity contribution in [3.8, 4) is 5.75 Å². The van der Waals surface area contributed by atoms with Gasteiger partial charge < -0.3 is 4.74 Å². The van der Waals surface area contributed by atoms with E-state index in [-0.39, 0.29) is 5.82 Å². The number of methoxy groups -OCH3 is 1. The van der Waals surface area contributed by atoms with Crippen LogP contribution in [0.5, 0.6) is 5.75 Å². The first-order valence-corrected chi connectivity index (χ1v) is 5.32. The standard InChI is InChI=1S/C12H13FN4O/c1-18-10-4-3-8(13)7-9(10)11(17-14)12-15-5-2-6-16-12/h2-7,11,17H,14H2,1H3. The highest BCUT2D eigenvalue weighted by Crippen LogP contribution is 2.28. The van der Waals surface area contributed by atoms with Gasteiger partial charge >= 0.3 is 0 Å². The Kier molecular flexibility index (Phi) is 3.81. The van der Waals surface area contributed by atoms with Crippen LogP contribution in [0.15, 0.2) is 36.7 Å². The fourth-order valence-electron chi connectivity index (χ4n) is 1.69. The van der Waals surface area contributed by atoms with Gasteiger partial charge in [-0.3, -0.25) is 5.84 Å². The number of hydrogen-bond donors (Lipinski definition) is 2. The Bertz CT molecular complexity index is 521. The topological polar surface area (TPSA) is 73.1 Å². The number of nitrogens with two attached hydrogens (primary N) is 1. The molecule has 0 saturated carbocycles. The highest BCUT2D eigenvalue weighted by atomic mass is 19.1. The lowest BCUT2D eigenvalue weighted by Gasteiger charge is -2.17. The van der Waals surface area contributed by atoms with E-state index in [0.717, 1.165) is 0 Å². The van der Waals surface area contributed by atoms with Crippen molar-refractivity contribution in [1.82, 2.24) is 15.4 Å². The van der Waals surface area contributed by atoms with Gasteiger partial charge in [-0.15, -0.1) is 0 Å². The number of benzene rings is 1. The first-order chi connectivity index (χ1) is 8.76. The molecule has 2 aromatic rings. The monoisotopic (exact) mass is 248 g/mol.